The molecule has 0 aromatic heterocycles. The van der Waals surface area contributed by atoms with Gasteiger partial charge in [0.25, 0.3) is 0 Å². The van der Waals surface area contributed by atoms with Crippen molar-refractivity contribution < 1.29 is 42.1 Å². The number of hydrogen-bond acceptors (Lipinski definition) is 6. The van der Waals surface area contributed by atoms with E-state index >= 15 is 0 Å². The zero-order valence-corrected chi connectivity index (χ0v) is 18.5. The van der Waals surface area contributed by atoms with Crippen LogP contribution in [0.4, 0.5) is 0 Å². The molecule has 6 nitrogen and oxygen atoms in total. The average Bonchev–Trinajstić information content (AvgIpc) is 2.93. The predicted molar refractivity (Wildman–Crippen MR) is 96.8 cm³/mol. The Morgan fingerprint density at radius 3 is 1.81 bits per heavy atom. The number of carbonyl (C=O) groups excluding carboxylic acids is 3. The summed E-state index contributed by atoms with van der Waals surface area (Å²) in [5, 5.41) is 0. The second kappa shape index (κ2) is 8.74. The van der Waals surface area contributed by atoms with Crippen LogP contribution in [0.25, 0.3) is 0 Å². The number of allylic oxidation sites excluding steroid dienone is 4. The first-order valence-electron chi connectivity index (χ1n) is 9.80. The van der Waals surface area contributed by atoms with E-state index in [4.69, 9.17) is 9.96 Å². The third-order valence-electron chi connectivity index (χ3n) is 5.52. The zero-order valence-electron chi connectivity index (χ0n) is 17.0. The molecule has 0 saturated heterocycles. The molecule has 1 unspecified atom stereocenters. The van der Waals surface area contributed by atoms with Crippen molar-refractivity contribution in [2.75, 3.05) is 0 Å². The number of hydrogen-bond donors (Lipinski definition) is 0. The summed E-state index contributed by atoms with van der Waals surface area (Å²) >= 11 is -4.77. The molecule has 0 saturated carbocycles. The van der Waals surface area contributed by atoms with E-state index in [0.29, 0.717) is 0 Å². The molecule has 0 spiro atoms. The van der Waals surface area contributed by atoms with Gasteiger partial charge in [0.2, 0.25) is 0 Å². The van der Waals surface area contributed by atoms with E-state index in [0.717, 1.165) is 36.8 Å². The fourth-order valence-corrected chi connectivity index (χ4v) is 8.89. The second-order valence-corrected chi connectivity index (χ2v) is 11.5. The summed E-state index contributed by atoms with van der Waals surface area (Å²) in [5.74, 6) is -1.54. The van der Waals surface area contributed by atoms with Gasteiger partial charge in [-0.1, -0.05) is 0 Å². The van der Waals surface area contributed by atoms with Crippen molar-refractivity contribution in [2.45, 2.75) is 83.3 Å². The van der Waals surface area contributed by atoms with Crippen LogP contribution in [0.1, 0.15) is 79.6 Å². The minimum atomic E-state index is -4.77. The molecule has 0 fully saturated rings. The van der Waals surface area contributed by atoms with Gasteiger partial charge in [0.05, 0.1) is 0 Å². The maximum absolute atomic E-state index is 12.3. The third kappa shape index (κ3) is 4.07. The third-order valence-corrected chi connectivity index (χ3v) is 10.8. The van der Waals surface area contributed by atoms with Crippen molar-refractivity contribution in [1.29, 1.82) is 0 Å². The maximum atomic E-state index is 12.3. The van der Waals surface area contributed by atoms with Crippen molar-refractivity contribution in [2.24, 2.45) is 0 Å². The van der Waals surface area contributed by atoms with Gasteiger partial charge in [-0.05, 0) is 0 Å². The van der Waals surface area contributed by atoms with Crippen LogP contribution in [0.5, 0.6) is 0 Å². The first-order valence-corrected chi connectivity index (χ1v) is 12.5. The summed E-state index contributed by atoms with van der Waals surface area (Å²) in [6, 6.07) is 0. The Morgan fingerprint density at radius 1 is 0.926 bits per heavy atom. The molecular formula is C20H30O6Ti. The summed E-state index contributed by atoms with van der Waals surface area (Å²) in [5.41, 5.74) is 3.23. The van der Waals surface area contributed by atoms with Crippen LogP contribution in [0.2, 0.25) is 3.72 Å². The van der Waals surface area contributed by atoms with Crippen molar-refractivity contribution >= 4 is 17.9 Å². The molecule has 1 atom stereocenters. The molecule has 0 heterocycles. The summed E-state index contributed by atoms with van der Waals surface area (Å²) in [6.07, 6.45) is 6.31. The van der Waals surface area contributed by atoms with Crippen LogP contribution in [0, 0.1) is 0 Å². The molecule has 0 N–H and O–H groups in total. The Morgan fingerprint density at radius 2 is 1.37 bits per heavy atom. The molecule has 0 aromatic carbocycles. The van der Waals surface area contributed by atoms with E-state index in [1.165, 1.54) is 5.57 Å². The van der Waals surface area contributed by atoms with Gasteiger partial charge in [-0.2, -0.15) is 0 Å². The summed E-state index contributed by atoms with van der Waals surface area (Å²) in [6.45, 7) is 8.87. The molecule has 27 heavy (non-hydrogen) atoms. The van der Waals surface area contributed by atoms with Crippen molar-refractivity contribution in [3.05, 3.63) is 22.8 Å². The van der Waals surface area contributed by atoms with Gasteiger partial charge in [-0.25, -0.2) is 0 Å². The Bertz CT molecular complexity index is 647. The van der Waals surface area contributed by atoms with E-state index in [1.54, 1.807) is 20.8 Å². The topological polar surface area (TPSA) is 78.9 Å². The summed E-state index contributed by atoms with van der Waals surface area (Å²) in [7, 11) is 0. The molecule has 0 amide bonds. The zero-order chi connectivity index (χ0) is 20.2. The molecule has 0 aromatic rings. The molecule has 2 aliphatic rings. The van der Waals surface area contributed by atoms with Crippen LogP contribution < -0.4 is 0 Å². The molecule has 2 rings (SSSR count). The van der Waals surface area contributed by atoms with Crippen molar-refractivity contribution in [3.8, 4) is 0 Å². The average molecular weight is 414 g/mol. The Hall–Kier alpha value is -1.40. The van der Waals surface area contributed by atoms with Crippen LogP contribution in [-0.4, -0.2) is 17.9 Å². The number of rotatable bonds is 7. The first kappa shape index (κ1) is 21.9. The number of carbonyl (C=O) groups is 3. The standard InChI is InChI=1S/C11H15.3C3H6O2.Ti/c1-8-7-10-5-3-4-6-11(10)9(8)2;3*1-2-3(4)5;/h7H,3-6H2,1-2H3;3*2H2,1H3,(H,4,5);/q;;;;+3/p-3. The van der Waals surface area contributed by atoms with Crippen LogP contribution >= 0.6 is 0 Å². The van der Waals surface area contributed by atoms with Crippen molar-refractivity contribution in [1.82, 2.24) is 0 Å². The fourth-order valence-electron chi connectivity index (χ4n) is 3.76. The van der Waals surface area contributed by atoms with Gasteiger partial charge >= 0.3 is 166 Å². The molecule has 0 aliphatic heterocycles. The van der Waals surface area contributed by atoms with Crippen LogP contribution in [-0.2, 0) is 42.1 Å². The normalized spacial score (nSPS) is 22.0. The van der Waals surface area contributed by atoms with E-state index in [1.807, 2.05) is 13.8 Å². The Balaban J connectivity index is 2.65. The molecule has 7 heteroatoms. The van der Waals surface area contributed by atoms with Gasteiger partial charge in [0.1, 0.15) is 0 Å². The Labute approximate surface area is 166 Å². The first-order chi connectivity index (χ1) is 12.7. The van der Waals surface area contributed by atoms with E-state index in [-0.39, 0.29) is 19.3 Å². The fraction of sp³-hybridized carbons (Fsp3) is 0.650. The second-order valence-electron chi connectivity index (χ2n) is 7.20. The van der Waals surface area contributed by atoms with E-state index in [9.17, 15) is 14.4 Å². The predicted octanol–water partition coefficient (Wildman–Crippen LogP) is 4.75. The summed E-state index contributed by atoms with van der Waals surface area (Å²) in [4.78, 5) is 37.0. The minimum absolute atomic E-state index is 0.116. The molecule has 2 aliphatic carbocycles. The monoisotopic (exact) mass is 414 g/mol. The van der Waals surface area contributed by atoms with E-state index < -0.39 is 39.4 Å². The summed E-state index contributed by atoms with van der Waals surface area (Å²) < 4.78 is 16.6. The SMILES string of the molecule is CCC(=O)[O][Ti]([O]C(=O)CC)([O]C(=O)CC)[C]1(C)C(C)=CC2=C1CCCC2. The van der Waals surface area contributed by atoms with Gasteiger partial charge in [0, 0.05) is 0 Å². The van der Waals surface area contributed by atoms with Gasteiger partial charge in [-0.15, -0.1) is 0 Å². The van der Waals surface area contributed by atoms with Crippen LogP contribution in [0.3, 0.4) is 0 Å². The quantitative estimate of drug-likeness (QED) is 0.560. The van der Waals surface area contributed by atoms with E-state index in [2.05, 4.69) is 6.08 Å². The molecule has 0 radical (unpaired) electrons. The van der Waals surface area contributed by atoms with Gasteiger partial charge in [-0.3, -0.25) is 0 Å². The Kier molecular flexibility index (Phi) is 7.09. The van der Waals surface area contributed by atoms with Gasteiger partial charge < -0.3 is 0 Å². The molecular weight excluding hydrogens is 384 g/mol. The van der Waals surface area contributed by atoms with Crippen LogP contribution in [0.15, 0.2) is 22.8 Å². The van der Waals surface area contributed by atoms with Gasteiger partial charge in [0.15, 0.2) is 0 Å². The molecule has 150 valence electrons. The molecule has 0 bridgehead atoms. The van der Waals surface area contributed by atoms with Crippen molar-refractivity contribution in [3.63, 3.8) is 0 Å².